The summed E-state index contributed by atoms with van der Waals surface area (Å²) in [5.74, 6) is 1.47. The van der Waals surface area contributed by atoms with Crippen molar-refractivity contribution >= 4 is 11.8 Å². The molecule has 0 N–H and O–H groups in total. The zero-order chi connectivity index (χ0) is 22.2. The van der Waals surface area contributed by atoms with Crippen LogP contribution in [0.3, 0.4) is 0 Å². The summed E-state index contributed by atoms with van der Waals surface area (Å²) in [6, 6.07) is 13.0. The molecule has 31 heavy (non-hydrogen) atoms. The Kier molecular flexibility index (Phi) is 7.76. The average Bonchev–Trinajstić information content (AvgIpc) is 3.08. The van der Waals surface area contributed by atoms with E-state index in [-0.39, 0.29) is 18.4 Å². The van der Waals surface area contributed by atoms with Crippen LogP contribution in [0.1, 0.15) is 29.3 Å². The Bertz CT molecular complexity index is 892. The topological polar surface area (TPSA) is 68.3 Å². The van der Waals surface area contributed by atoms with Gasteiger partial charge in [0.05, 0.1) is 14.2 Å². The second-order valence-electron chi connectivity index (χ2n) is 7.31. The number of hydrogen-bond donors (Lipinski definition) is 0. The molecule has 0 aromatic heterocycles. The van der Waals surface area contributed by atoms with E-state index in [2.05, 4.69) is 6.92 Å². The van der Waals surface area contributed by atoms with Crippen molar-refractivity contribution in [3.8, 4) is 17.2 Å². The van der Waals surface area contributed by atoms with Gasteiger partial charge in [0.25, 0.3) is 11.8 Å². The molecule has 2 aromatic rings. The van der Waals surface area contributed by atoms with Gasteiger partial charge < -0.3 is 24.0 Å². The number of carbonyl (C=O) groups is 2. The maximum Gasteiger partial charge on any atom is 0.261 e. The van der Waals surface area contributed by atoms with E-state index in [9.17, 15) is 9.59 Å². The molecule has 0 atom stereocenters. The number of hydrogen-bond acceptors (Lipinski definition) is 5. The molecule has 1 aliphatic heterocycles. The van der Waals surface area contributed by atoms with Gasteiger partial charge in [0, 0.05) is 26.2 Å². The van der Waals surface area contributed by atoms with Gasteiger partial charge in [-0.3, -0.25) is 9.59 Å². The molecule has 1 aliphatic rings. The van der Waals surface area contributed by atoms with Crippen molar-refractivity contribution in [1.29, 1.82) is 0 Å². The lowest BCUT2D eigenvalue weighted by Crippen LogP contribution is -2.39. The summed E-state index contributed by atoms with van der Waals surface area (Å²) in [4.78, 5) is 29.5. The molecule has 1 fully saturated rings. The van der Waals surface area contributed by atoms with Crippen LogP contribution < -0.4 is 14.2 Å². The van der Waals surface area contributed by atoms with Gasteiger partial charge in [0.2, 0.25) is 0 Å². The summed E-state index contributed by atoms with van der Waals surface area (Å²) >= 11 is 0. The first-order valence-electron chi connectivity index (χ1n) is 10.6. The fourth-order valence-corrected chi connectivity index (χ4v) is 3.76. The lowest BCUT2D eigenvalue weighted by Gasteiger charge is -2.24. The minimum Gasteiger partial charge on any atom is -0.496 e. The highest BCUT2D eigenvalue weighted by atomic mass is 16.5. The molecule has 0 spiro atoms. The number of benzene rings is 2. The van der Waals surface area contributed by atoms with Crippen molar-refractivity contribution in [2.24, 2.45) is 0 Å². The van der Waals surface area contributed by atoms with Crippen molar-refractivity contribution in [1.82, 2.24) is 9.80 Å². The molecule has 0 aliphatic carbocycles. The van der Waals surface area contributed by atoms with Crippen LogP contribution in [0, 0.1) is 0 Å². The SMILES string of the molecule is CCc1ccccc1OCC(=O)N1CCCN(C(=O)c2c(OC)cccc2OC)CC1. The van der Waals surface area contributed by atoms with E-state index in [0.29, 0.717) is 49.7 Å². The second kappa shape index (κ2) is 10.7. The summed E-state index contributed by atoms with van der Waals surface area (Å²) in [5, 5.41) is 0. The van der Waals surface area contributed by atoms with Crippen molar-refractivity contribution in [2.75, 3.05) is 47.0 Å². The van der Waals surface area contributed by atoms with Gasteiger partial charge in [0.15, 0.2) is 6.61 Å². The number of para-hydroxylation sites is 1. The monoisotopic (exact) mass is 426 g/mol. The van der Waals surface area contributed by atoms with Gasteiger partial charge in [-0.2, -0.15) is 0 Å². The maximum absolute atomic E-state index is 13.2. The number of carbonyl (C=O) groups excluding carboxylic acids is 2. The predicted octanol–water partition coefficient (Wildman–Crippen LogP) is 3.02. The Morgan fingerprint density at radius 3 is 2.13 bits per heavy atom. The third-order valence-electron chi connectivity index (χ3n) is 5.48. The van der Waals surface area contributed by atoms with Crippen molar-refractivity contribution in [3.63, 3.8) is 0 Å². The van der Waals surface area contributed by atoms with Crippen LogP contribution in [-0.2, 0) is 11.2 Å². The number of methoxy groups -OCH3 is 2. The van der Waals surface area contributed by atoms with E-state index in [0.717, 1.165) is 17.7 Å². The van der Waals surface area contributed by atoms with E-state index in [1.807, 2.05) is 24.3 Å². The van der Waals surface area contributed by atoms with Crippen LogP contribution in [0.5, 0.6) is 17.2 Å². The molecule has 0 unspecified atom stereocenters. The lowest BCUT2D eigenvalue weighted by molar-refractivity contribution is -0.133. The van der Waals surface area contributed by atoms with Gasteiger partial charge >= 0.3 is 0 Å². The molecule has 1 saturated heterocycles. The lowest BCUT2D eigenvalue weighted by atomic mass is 10.1. The number of nitrogens with zero attached hydrogens (tertiary/aromatic N) is 2. The normalized spacial score (nSPS) is 14.0. The molecule has 2 aromatic carbocycles. The first kappa shape index (κ1) is 22.5. The van der Waals surface area contributed by atoms with Crippen molar-refractivity contribution < 1.29 is 23.8 Å². The minimum atomic E-state index is -0.156. The first-order chi connectivity index (χ1) is 15.1. The standard InChI is InChI=1S/C24H30N2O5/c1-4-18-9-5-6-10-19(18)31-17-22(27)25-13-8-14-26(16-15-25)24(28)23-20(29-2)11-7-12-21(23)30-3/h5-7,9-12H,4,8,13-17H2,1-3H3. The summed E-state index contributed by atoms with van der Waals surface area (Å²) in [6.07, 6.45) is 1.54. The van der Waals surface area contributed by atoms with Crippen molar-refractivity contribution in [2.45, 2.75) is 19.8 Å². The number of rotatable bonds is 7. The molecule has 0 bridgehead atoms. The molecule has 1 heterocycles. The smallest absolute Gasteiger partial charge is 0.261 e. The Morgan fingerprint density at radius 2 is 1.45 bits per heavy atom. The van der Waals surface area contributed by atoms with E-state index in [1.54, 1.807) is 28.0 Å². The van der Waals surface area contributed by atoms with Gasteiger partial charge in [-0.05, 0) is 36.6 Å². The van der Waals surface area contributed by atoms with E-state index < -0.39 is 0 Å². The Balaban J connectivity index is 1.63. The zero-order valence-electron chi connectivity index (χ0n) is 18.4. The first-order valence-corrected chi connectivity index (χ1v) is 10.6. The predicted molar refractivity (Wildman–Crippen MR) is 118 cm³/mol. The fraction of sp³-hybridized carbons (Fsp3) is 0.417. The summed E-state index contributed by atoms with van der Waals surface area (Å²) in [6.45, 7) is 4.10. The highest BCUT2D eigenvalue weighted by molar-refractivity contribution is 5.99. The van der Waals surface area contributed by atoms with E-state index in [1.165, 1.54) is 14.2 Å². The van der Waals surface area contributed by atoms with Crippen LogP contribution in [0.15, 0.2) is 42.5 Å². The van der Waals surface area contributed by atoms with Gasteiger partial charge in [-0.25, -0.2) is 0 Å². The number of amides is 2. The molecule has 0 saturated carbocycles. The highest BCUT2D eigenvalue weighted by Crippen LogP contribution is 2.30. The Labute approximate surface area is 183 Å². The van der Waals surface area contributed by atoms with Crippen LogP contribution in [0.2, 0.25) is 0 Å². The molecule has 3 rings (SSSR count). The quantitative estimate of drug-likeness (QED) is 0.681. The zero-order valence-corrected chi connectivity index (χ0v) is 18.4. The van der Waals surface area contributed by atoms with Crippen LogP contribution in [0.25, 0.3) is 0 Å². The van der Waals surface area contributed by atoms with Gasteiger partial charge in [-0.1, -0.05) is 31.2 Å². The molecule has 7 heteroatoms. The summed E-state index contributed by atoms with van der Waals surface area (Å²) < 4.78 is 16.5. The van der Waals surface area contributed by atoms with Crippen LogP contribution in [-0.4, -0.2) is 68.6 Å². The molecule has 2 amide bonds. The van der Waals surface area contributed by atoms with Crippen LogP contribution in [0.4, 0.5) is 0 Å². The number of aryl methyl sites for hydroxylation is 1. The van der Waals surface area contributed by atoms with Crippen LogP contribution >= 0.6 is 0 Å². The molecule has 166 valence electrons. The van der Waals surface area contributed by atoms with Gasteiger partial charge in [-0.15, -0.1) is 0 Å². The average molecular weight is 427 g/mol. The fourth-order valence-electron chi connectivity index (χ4n) is 3.76. The summed E-state index contributed by atoms with van der Waals surface area (Å²) in [5.41, 5.74) is 1.49. The largest absolute Gasteiger partial charge is 0.496 e. The summed E-state index contributed by atoms with van der Waals surface area (Å²) in [7, 11) is 3.07. The van der Waals surface area contributed by atoms with Crippen molar-refractivity contribution in [3.05, 3.63) is 53.6 Å². The third-order valence-corrected chi connectivity index (χ3v) is 5.48. The third kappa shape index (κ3) is 5.29. The Hall–Kier alpha value is -3.22. The number of ether oxygens (including phenoxy) is 3. The van der Waals surface area contributed by atoms with E-state index in [4.69, 9.17) is 14.2 Å². The molecule has 7 nitrogen and oxygen atoms in total. The molecule has 0 radical (unpaired) electrons. The minimum absolute atomic E-state index is 0.00864. The van der Waals surface area contributed by atoms with Gasteiger partial charge in [0.1, 0.15) is 22.8 Å². The second-order valence-corrected chi connectivity index (χ2v) is 7.31. The Morgan fingerprint density at radius 1 is 0.839 bits per heavy atom. The maximum atomic E-state index is 13.2. The molecular weight excluding hydrogens is 396 g/mol. The molecular formula is C24H30N2O5. The van der Waals surface area contributed by atoms with E-state index >= 15 is 0 Å². The highest BCUT2D eigenvalue weighted by Gasteiger charge is 2.27.